The van der Waals surface area contributed by atoms with Crippen LogP contribution in [0.1, 0.15) is 0 Å². The summed E-state index contributed by atoms with van der Waals surface area (Å²) in [6.07, 6.45) is 0. The van der Waals surface area contributed by atoms with Gasteiger partial charge in [-0.25, -0.2) is 0 Å². The standard InChI is InChI=1S/C36H23NO2P2/c38-40(25-10-2-1-3-11-25)31-16-8-18-33-35(31)36-32(40)17-9-19-34(36)41(33,39)26-22-20-24(21-23-26)37-29-14-6-4-12-27(29)28-13-5-7-15-30(28)37/h1-23H. The summed E-state index contributed by atoms with van der Waals surface area (Å²) in [5.74, 6) is 0. The van der Waals surface area contributed by atoms with E-state index in [-0.39, 0.29) is 0 Å². The predicted molar refractivity (Wildman–Crippen MR) is 172 cm³/mol. The second-order valence-corrected chi connectivity index (χ2v) is 16.2. The summed E-state index contributed by atoms with van der Waals surface area (Å²) in [5, 5.41) is 7.26. The molecule has 0 unspecified atom stereocenters. The fourth-order valence-electron chi connectivity index (χ4n) is 7.08. The Balaban J connectivity index is 1.25. The third-order valence-electron chi connectivity index (χ3n) is 8.82. The molecular formula is C36H23NO2P2. The van der Waals surface area contributed by atoms with Gasteiger partial charge < -0.3 is 13.7 Å². The van der Waals surface area contributed by atoms with Crippen molar-refractivity contribution in [2.45, 2.75) is 0 Å². The van der Waals surface area contributed by atoms with Crippen LogP contribution in [0.2, 0.25) is 0 Å². The lowest BCUT2D eigenvalue weighted by atomic mass is 10.1. The molecule has 0 bridgehead atoms. The molecule has 0 saturated carbocycles. The lowest BCUT2D eigenvalue weighted by Gasteiger charge is -2.21. The zero-order chi connectivity index (χ0) is 27.3. The Morgan fingerprint density at radius 1 is 0.390 bits per heavy atom. The molecule has 0 aliphatic carbocycles. The average Bonchev–Trinajstić information content (AvgIpc) is 3.62. The molecule has 0 spiro atoms. The van der Waals surface area contributed by atoms with Crippen LogP contribution in [0.5, 0.6) is 0 Å². The van der Waals surface area contributed by atoms with Crippen molar-refractivity contribution in [3.8, 4) is 16.8 Å². The van der Waals surface area contributed by atoms with Gasteiger partial charge in [0, 0.05) is 59.4 Å². The topological polar surface area (TPSA) is 39.1 Å². The lowest BCUT2D eigenvalue weighted by Crippen LogP contribution is -2.28. The van der Waals surface area contributed by atoms with E-state index in [2.05, 4.69) is 65.2 Å². The van der Waals surface area contributed by atoms with E-state index in [4.69, 9.17) is 0 Å². The van der Waals surface area contributed by atoms with Gasteiger partial charge in [-0.15, -0.1) is 0 Å². The van der Waals surface area contributed by atoms with Gasteiger partial charge in [-0.05, 0) is 36.4 Å². The molecule has 3 nitrogen and oxygen atoms in total. The van der Waals surface area contributed by atoms with E-state index in [0.717, 1.165) is 59.7 Å². The number of fused-ring (bicyclic) bond motifs is 3. The highest BCUT2D eigenvalue weighted by molar-refractivity contribution is 7.89. The van der Waals surface area contributed by atoms with E-state index in [1.807, 2.05) is 78.9 Å². The first-order valence-electron chi connectivity index (χ1n) is 13.8. The number of benzene rings is 6. The monoisotopic (exact) mass is 563 g/mol. The quantitative estimate of drug-likeness (QED) is 0.235. The predicted octanol–water partition coefficient (Wildman–Crippen LogP) is 6.36. The van der Waals surface area contributed by atoms with Crippen LogP contribution in [0, 0.1) is 0 Å². The average molecular weight is 564 g/mol. The number of nitrogens with zero attached hydrogens (tertiary/aromatic N) is 1. The van der Waals surface area contributed by atoms with Crippen molar-refractivity contribution in [1.82, 2.24) is 4.57 Å². The minimum Gasteiger partial charge on any atom is -0.309 e. The van der Waals surface area contributed by atoms with Gasteiger partial charge in [0.25, 0.3) is 0 Å². The van der Waals surface area contributed by atoms with Crippen LogP contribution in [0.15, 0.2) is 140 Å². The van der Waals surface area contributed by atoms with Gasteiger partial charge in [0.15, 0.2) is 14.3 Å². The Kier molecular flexibility index (Phi) is 4.59. The second-order valence-electron chi connectivity index (χ2n) is 10.8. The third kappa shape index (κ3) is 2.81. The Hall–Kier alpha value is -4.42. The molecule has 41 heavy (non-hydrogen) atoms. The minimum atomic E-state index is -3.16. The van der Waals surface area contributed by atoms with Gasteiger partial charge in [-0.2, -0.15) is 0 Å². The number of para-hydroxylation sites is 2. The SMILES string of the molecule is O=P1(c2ccccc2)c2cccc3c2-c2c1cccc2P3(=O)c1ccc(-n2c3ccccc3c3ccccc32)cc1. The zero-order valence-corrected chi connectivity index (χ0v) is 23.7. The lowest BCUT2D eigenvalue weighted by molar-refractivity contribution is 0.592. The number of rotatable bonds is 3. The Labute approximate surface area is 237 Å². The van der Waals surface area contributed by atoms with E-state index >= 15 is 4.57 Å². The van der Waals surface area contributed by atoms with Crippen molar-refractivity contribution in [3.63, 3.8) is 0 Å². The molecule has 2 aliphatic heterocycles. The van der Waals surface area contributed by atoms with Crippen molar-refractivity contribution in [2.24, 2.45) is 0 Å². The van der Waals surface area contributed by atoms with Gasteiger partial charge in [-0.3, -0.25) is 0 Å². The largest absolute Gasteiger partial charge is 0.309 e. The molecule has 9 rings (SSSR count). The van der Waals surface area contributed by atoms with Gasteiger partial charge in [0.05, 0.1) is 11.0 Å². The molecule has 0 atom stereocenters. The zero-order valence-electron chi connectivity index (χ0n) is 21.9. The third-order valence-corrected chi connectivity index (χ3v) is 15.1. The van der Waals surface area contributed by atoms with E-state index in [0.29, 0.717) is 0 Å². The molecule has 1 aromatic heterocycles. The molecule has 5 heteroatoms. The molecule has 2 aliphatic rings. The first-order valence-corrected chi connectivity index (χ1v) is 17.2. The fraction of sp³-hybridized carbons (Fsp3) is 0. The van der Waals surface area contributed by atoms with Crippen molar-refractivity contribution < 1.29 is 9.13 Å². The molecule has 0 N–H and O–H groups in total. The summed E-state index contributed by atoms with van der Waals surface area (Å²) in [6, 6.07) is 46.6. The first-order chi connectivity index (χ1) is 20.1. The molecule has 194 valence electrons. The minimum absolute atomic E-state index is 0.799. The Morgan fingerprint density at radius 2 is 0.805 bits per heavy atom. The summed E-state index contributed by atoms with van der Waals surface area (Å²) < 4.78 is 32.5. The molecule has 6 aromatic carbocycles. The molecule has 0 fully saturated rings. The molecule has 7 aromatic rings. The molecule has 0 saturated heterocycles. The van der Waals surface area contributed by atoms with Gasteiger partial charge in [0.1, 0.15) is 0 Å². The smallest absolute Gasteiger partial charge is 0.172 e. The van der Waals surface area contributed by atoms with Crippen LogP contribution in [0.25, 0.3) is 38.6 Å². The fourth-order valence-corrected chi connectivity index (χ4v) is 13.4. The van der Waals surface area contributed by atoms with Crippen LogP contribution in [0.4, 0.5) is 0 Å². The van der Waals surface area contributed by atoms with Crippen LogP contribution >= 0.6 is 14.3 Å². The summed E-state index contributed by atoms with van der Waals surface area (Å²) in [7, 11) is -6.21. The van der Waals surface area contributed by atoms with E-state index in [9.17, 15) is 4.57 Å². The Morgan fingerprint density at radius 3 is 1.29 bits per heavy atom. The number of hydrogen-bond acceptors (Lipinski definition) is 2. The van der Waals surface area contributed by atoms with E-state index < -0.39 is 14.3 Å². The van der Waals surface area contributed by atoms with Gasteiger partial charge in [0.2, 0.25) is 0 Å². The highest BCUT2D eigenvalue weighted by Gasteiger charge is 2.51. The summed E-state index contributed by atoms with van der Waals surface area (Å²) in [6.45, 7) is 0. The van der Waals surface area contributed by atoms with Crippen molar-refractivity contribution in [3.05, 3.63) is 140 Å². The van der Waals surface area contributed by atoms with Crippen molar-refractivity contribution in [1.29, 1.82) is 0 Å². The maximum Gasteiger partial charge on any atom is 0.172 e. The van der Waals surface area contributed by atoms with Crippen LogP contribution in [-0.2, 0) is 9.13 Å². The summed E-state index contributed by atoms with van der Waals surface area (Å²) in [5.41, 5.74) is 5.15. The first kappa shape index (κ1) is 23.3. The summed E-state index contributed by atoms with van der Waals surface area (Å²) in [4.78, 5) is 0. The maximum absolute atomic E-state index is 15.3. The molecular weight excluding hydrogens is 540 g/mol. The van der Waals surface area contributed by atoms with Crippen molar-refractivity contribution >= 4 is 67.9 Å². The maximum atomic E-state index is 15.3. The molecule has 0 amide bonds. The number of hydrogen-bond donors (Lipinski definition) is 0. The van der Waals surface area contributed by atoms with Crippen LogP contribution in [0.3, 0.4) is 0 Å². The summed E-state index contributed by atoms with van der Waals surface area (Å²) >= 11 is 0. The van der Waals surface area contributed by atoms with Crippen LogP contribution in [-0.4, -0.2) is 4.57 Å². The molecule has 0 radical (unpaired) electrons. The highest BCUT2D eigenvalue weighted by atomic mass is 31.2. The van der Waals surface area contributed by atoms with E-state index in [1.54, 1.807) is 0 Å². The van der Waals surface area contributed by atoms with Crippen LogP contribution < -0.4 is 31.8 Å². The van der Waals surface area contributed by atoms with E-state index in [1.165, 1.54) is 10.8 Å². The van der Waals surface area contributed by atoms with Gasteiger partial charge >= 0.3 is 0 Å². The number of aromatic nitrogens is 1. The van der Waals surface area contributed by atoms with Gasteiger partial charge in [-0.1, -0.05) is 103 Å². The highest BCUT2D eigenvalue weighted by Crippen LogP contribution is 2.60. The second kappa shape index (κ2) is 8.08. The van der Waals surface area contributed by atoms with Crippen molar-refractivity contribution in [2.75, 3.05) is 0 Å². The molecule has 3 heterocycles. The Bertz CT molecular complexity index is 2200. The normalized spacial score (nSPS) is 15.4.